The molecule has 0 aliphatic heterocycles. The van der Waals surface area contributed by atoms with Crippen molar-refractivity contribution in [1.82, 2.24) is 4.98 Å². The van der Waals surface area contributed by atoms with Gasteiger partial charge in [-0.05, 0) is 66.9 Å². The van der Waals surface area contributed by atoms with Gasteiger partial charge in [0.15, 0.2) is 5.13 Å². The second-order valence-electron chi connectivity index (χ2n) is 7.76. The first-order valence-corrected chi connectivity index (χ1v) is 12.9. The van der Waals surface area contributed by atoms with Gasteiger partial charge in [-0.25, -0.2) is 13.4 Å². The maximum Gasteiger partial charge on any atom is 0.261 e. The van der Waals surface area contributed by atoms with Crippen LogP contribution in [-0.4, -0.2) is 26.4 Å². The van der Waals surface area contributed by atoms with E-state index >= 15 is 0 Å². The molecular weight excluding hydrogens is 470 g/mol. The second-order valence-corrected chi connectivity index (χ2v) is 10.5. The first-order chi connectivity index (χ1) is 16.4. The van der Waals surface area contributed by atoms with Gasteiger partial charge in [0.1, 0.15) is 5.75 Å². The lowest BCUT2D eigenvalue weighted by Crippen LogP contribution is -2.14. The van der Waals surface area contributed by atoms with E-state index in [0.29, 0.717) is 22.1 Å². The minimum atomic E-state index is -3.76. The van der Waals surface area contributed by atoms with E-state index < -0.39 is 10.0 Å². The topological polar surface area (TPSA) is 97.4 Å². The summed E-state index contributed by atoms with van der Waals surface area (Å²) in [7, 11) is -2.25. The van der Waals surface area contributed by atoms with E-state index in [1.807, 2.05) is 12.1 Å². The molecule has 0 radical (unpaired) electrons. The summed E-state index contributed by atoms with van der Waals surface area (Å²) in [5.74, 6) is 0.267. The minimum absolute atomic E-state index is 0.115. The SMILES string of the molecule is COc1ccc(S(=O)(=O)Nc2ccc(C(=O)Nc3nc4c(s3)CCc3ccccc3-4)cc2)cc1. The Bertz CT molecular complexity index is 1460. The zero-order valence-electron chi connectivity index (χ0n) is 18.2. The van der Waals surface area contributed by atoms with E-state index in [2.05, 4.69) is 27.2 Å². The average Bonchev–Trinajstić information content (AvgIpc) is 3.27. The van der Waals surface area contributed by atoms with E-state index in [0.717, 1.165) is 29.0 Å². The molecule has 1 amide bonds. The number of sulfonamides is 1. The van der Waals surface area contributed by atoms with E-state index in [1.165, 1.54) is 36.1 Å². The van der Waals surface area contributed by atoms with Crippen molar-refractivity contribution < 1.29 is 17.9 Å². The molecular formula is C25H21N3O4S2. The van der Waals surface area contributed by atoms with Gasteiger partial charge in [0.05, 0.1) is 17.7 Å². The van der Waals surface area contributed by atoms with Crippen molar-refractivity contribution in [3.05, 3.63) is 88.8 Å². The number of anilines is 2. The van der Waals surface area contributed by atoms with Gasteiger partial charge >= 0.3 is 0 Å². The van der Waals surface area contributed by atoms with Crippen molar-refractivity contribution in [2.24, 2.45) is 0 Å². The lowest BCUT2D eigenvalue weighted by atomic mass is 9.94. The molecule has 0 spiro atoms. The van der Waals surface area contributed by atoms with E-state index in [9.17, 15) is 13.2 Å². The highest BCUT2D eigenvalue weighted by Gasteiger charge is 2.21. The third kappa shape index (κ3) is 4.40. The fraction of sp³-hybridized carbons (Fsp3) is 0.120. The van der Waals surface area contributed by atoms with Crippen molar-refractivity contribution in [2.45, 2.75) is 17.7 Å². The summed E-state index contributed by atoms with van der Waals surface area (Å²) < 4.78 is 32.8. The molecule has 0 saturated carbocycles. The average molecular weight is 492 g/mol. The quantitative estimate of drug-likeness (QED) is 0.397. The van der Waals surface area contributed by atoms with Gasteiger partial charge in [0.25, 0.3) is 15.9 Å². The summed E-state index contributed by atoms with van der Waals surface area (Å²) in [6.07, 6.45) is 1.87. The van der Waals surface area contributed by atoms with Crippen molar-refractivity contribution in [3.8, 4) is 17.0 Å². The lowest BCUT2D eigenvalue weighted by molar-refractivity contribution is 0.102. The van der Waals surface area contributed by atoms with Gasteiger partial charge in [0, 0.05) is 21.7 Å². The Kier molecular flexibility index (Phi) is 5.80. The molecule has 34 heavy (non-hydrogen) atoms. The number of carbonyl (C=O) groups excluding carboxylic acids is 1. The summed E-state index contributed by atoms with van der Waals surface area (Å²) in [6.45, 7) is 0. The molecule has 1 heterocycles. The van der Waals surface area contributed by atoms with Gasteiger partial charge in [0.2, 0.25) is 0 Å². The molecule has 0 unspecified atom stereocenters. The largest absolute Gasteiger partial charge is 0.497 e. The minimum Gasteiger partial charge on any atom is -0.497 e. The summed E-state index contributed by atoms with van der Waals surface area (Å²) in [4.78, 5) is 18.7. The number of ether oxygens (including phenoxy) is 1. The molecule has 0 fully saturated rings. The van der Waals surface area contributed by atoms with Crippen molar-refractivity contribution in [3.63, 3.8) is 0 Å². The Morgan fingerprint density at radius 1 is 0.971 bits per heavy atom. The Morgan fingerprint density at radius 2 is 1.71 bits per heavy atom. The molecule has 1 aliphatic carbocycles. The number of thiazole rings is 1. The van der Waals surface area contributed by atoms with Gasteiger partial charge in [-0.1, -0.05) is 24.3 Å². The number of fused-ring (bicyclic) bond motifs is 3. The zero-order valence-corrected chi connectivity index (χ0v) is 19.9. The monoisotopic (exact) mass is 491 g/mol. The summed E-state index contributed by atoms with van der Waals surface area (Å²) in [6, 6.07) is 20.5. The molecule has 1 aromatic heterocycles. The standard InChI is InChI=1S/C25H21N3O4S2/c1-32-19-11-13-20(14-12-19)34(30,31)28-18-9-6-17(7-10-18)24(29)27-25-26-23-21-5-3-2-4-16(21)8-15-22(23)33-25/h2-7,9-14,28H,8,15H2,1H3,(H,26,27,29). The predicted molar refractivity (Wildman–Crippen MR) is 133 cm³/mol. The zero-order chi connectivity index (χ0) is 23.7. The van der Waals surface area contributed by atoms with Crippen LogP contribution in [0.25, 0.3) is 11.3 Å². The first-order valence-electron chi connectivity index (χ1n) is 10.6. The van der Waals surface area contributed by atoms with E-state index in [1.54, 1.807) is 36.4 Å². The molecule has 4 aromatic rings. The molecule has 172 valence electrons. The number of amides is 1. The molecule has 0 atom stereocenters. The van der Waals surface area contributed by atoms with Gasteiger partial charge in [-0.15, -0.1) is 11.3 Å². The molecule has 3 aromatic carbocycles. The van der Waals surface area contributed by atoms with Gasteiger partial charge in [-0.2, -0.15) is 0 Å². The number of methoxy groups -OCH3 is 1. The number of nitrogens with one attached hydrogen (secondary N) is 2. The number of hydrogen-bond acceptors (Lipinski definition) is 6. The van der Waals surface area contributed by atoms with Crippen LogP contribution in [0.3, 0.4) is 0 Å². The number of nitrogens with zero attached hydrogens (tertiary/aromatic N) is 1. The highest BCUT2D eigenvalue weighted by Crippen LogP contribution is 2.38. The van der Waals surface area contributed by atoms with Crippen LogP contribution >= 0.6 is 11.3 Å². The van der Waals surface area contributed by atoms with Crippen molar-refractivity contribution in [1.29, 1.82) is 0 Å². The molecule has 9 heteroatoms. The van der Waals surface area contributed by atoms with Crippen molar-refractivity contribution >= 4 is 38.1 Å². The van der Waals surface area contributed by atoms with Crippen LogP contribution in [0.5, 0.6) is 5.75 Å². The summed E-state index contributed by atoms with van der Waals surface area (Å²) >= 11 is 1.49. The maximum absolute atomic E-state index is 12.8. The third-order valence-electron chi connectivity index (χ3n) is 5.58. The first kappa shape index (κ1) is 22.1. The van der Waals surface area contributed by atoms with Crippen LogP contribution in [0.15, 0.2) is 77.7 Å². The van der Waals surface area contributed by atoms with E-state index in [4.69, 9.17) is 4.74 Å². The second kappa shape index (κ2) is 8.92. The normalized spacial score (nSPS) is 12.4. The fourth-order valence-corrected chi connectivity index (χ4v) is 5.86. The third-order valence-corrected chi connectivity index (χ3v) is 8.01. The summed E-state index contributed by atoms with van der Waals surface area (Å²) in [5, 5.41) is 3.42. The van der Waals surface area contributed by atoms with Crippen LogP contribution in [0.1, 0.15) is 20.8 Å². The Labute approximate surface area is 201 Å². The Balaban J connectivity index is 1.28. The summed E-state index contributed by atoms with van der Waals surface area (Å²) in [5.41, 5.74) is 4.08. The van der Waals surface area contributed by atoms with Crippen LogP contribution in [0.4, 0.5) is 10.8 Å². The Hall–Kier alpha value is -3.69. The number of aromatic nitrogens is 1. The lowest BCUT2D eigenvalue weighted by Gasteiger charge is -2.13. The molecule has 0 saturated heterocycles. The fourth-order valence-electron chi connectivity index (χ4n) is 3.83. The number of aryl methyl sites for hydroxylation is 2. The van der Waals surface area contributed by atoms with Crippen LogP contribution in [0, 0.1) is 0 Å². The number of hydrogen-bond donors (Lipinski definition) is 2. The molecule has 5 rings (SSSR count). The number of benzene rings is 3. The highest BCUT2D eigenvalue weighted by atomic mass is 32.2. The van der Waals surface area contributed by atoms with E-state index in [-0.39, 0.29) is 10.8 Å². The van der Waals surface area contributed by atoms with Crippen LogP contribution in [-0.2, 0) is 22.9 Å². The van der Waals surface area contributed by atoms with Crippen molar-refractivity contribution in [2.75, 3.05) is 17.1 Å². The number of rotatable bonds is 6. The van der Waals surface area contributed by atoms with Gasteiger partial charge < -0.3 is 4.74 Å². The predicted octanol–water partition coefficient (Wildman–Crippen LogP) is 4.97. The molecule has 1 aliphatic rings. The number of carbonyl (C=O) groups is 1. The maximum atomic E-state index is 12.8. The highest BCUT2D eigenvalue weighted by molar-refractivity contribution is 7.92. The Morgan fingerprint density at radius 3 is 2.44 bits per heavy atom. The smallest absolute Gasteiger partial charge is 0.261 e. The van der Waals surface area contributed by atoms with Gasteiger partial charge in [-0.3, -0.25) is 14.8 Å². The molecule has 0 bridgehead atoms. The van der Waals surface area contributed by atoms with Crippen LogP contribution < -0.4 is 14.8 Å². The molecule has 7 nitrogen and oxygen atoms in total. The molecule has 2 N–H and O–H groups in total. The van der Waals surface area contributed by atoms with Crippen LogP contribution in [0.2, 0.25) is 0 Å².